The first-order valence-corrected chi connectivity index (χ1v) is 6.86. The Bertz CT molecular complexity index is 436. The Morgan fingerprint density at radius 3 is 2.53 bits per heavy atom. The minimum Gasteiger partial charge on any atom is -0.297 e. The van der Waals surface area contributed by atoms with Gasteiger partial charge in [0.15, 0.2) is 5.78 Å². The number of para-hydroxylation sites is 1. The normalized spacial score (nSPS) is 17.2. The lowest BCUT2D eigenvalue weighted by molar-refractivity contribution is -0.111. The molecule has 0 aliphatic carbocycles. The van der Waals surface area contributed by atoms with Crippen LogP contribution in [0.4, 0.5) is 5.69 Å². The van der Waals surface area contributed by atoms with E-state index in [1.165, 1.54) is 19.3 Å². The van der Waals surface area contributed by atoms with Gasteiger partial charge in [-0.1, -0.05) is 24.6 Å². The van der Waals surface area contributed by atoms with Crippen LogP contribution in [-0.4, -0.2) is 36.0 Å². The van der Waals surface area contributed by atoms with Crippen molar-refractivity contribution in [1.29, 1.82) is 0 Å². The van der Waals surface area contributed by atoms with Crippen LogP contribution in [0.1, 0.15) is 26.2 Å². The molecule has 4 nitrogen and oxygen atoms in total. The van der Waals surface area contributed by atoms with Crippen LogP contribution in [0, 0.1) is 0 Å². The van der Waals surface area contributed by atoms with Crippen LogP contribution in [0.2, 0.25) is 0 Å². The zero-order chi connectivity index (χ0) is 13.5. The number of nitrogens with one attached hydrogen (secondary N) is 1. The second-order valence-electron chi connectivity index (χ2n) is 4.93. The third kappa shape index (κ3) is 4.48. The van der Waals surface area contributed by atoms with Crippen LogP contribution in [0.3, 0.4) is 0 Å². The largest absolute Gasteiger partial charge is 0.297 e. The van der Waals surface area contributed by atoms with Gasteiger partial charge in [0.25, 0.3) is 0 Å². The molecule has 1 aliphatic rings. The number of rotatable bonds is 5. The molecule has 0 saturated carbocycles. The third-order valence-electron chi connectivity index (χ3n) is 3.32. The molecule has 1 saturated heterocycles. The number of hydrazone groups is 1. The van der Waals surface area contributed by atoms with Gasteiger partial charge in [-0.2, -0.15) is 5.10 Å². The number of nitrogens with zero attached hydrogens (tertiary/aromatic N) is 2. The van der Waals surface area contributed by atoms with E-state index >= 15 is 0 Å². The Morgan fingerprint density at radius 1 is 1.21 bits per heavy atom. The average Bonchev–Trinajstić information content (AvgIpc) is 2.45. The fraction of sp³-hybridized carbons (Fsp3) is 0.467. The molecular weight excluding hydrogens is 238 g/mol. The highest BCUT2D eigenvalue weighted by molar-refractivity contribution is 6.39. The zero-order valence-electron chi connectivity index (χ0n) is 11.4. The SMILES string of the molecule is CC(=O)/C(CN1CCCCC1)=N\Nc1ccccc1. The molecule has 0 bridgehead atoms. The minimum absolute atomic E-state index is 0.0361. The van der Waals surface area contributed by atoms with Crippen LogP contribution in [0.15, 0.2) is 35.4 Å². The Labute approximate surface area is 114 Å². The molecule has 0 aromatic heterocycles. The van der Waals surface area contributed by atoms with E-state index in [-0.39, 0.29) is 5.78 Å². The molecule has 1 N–H and O–H groups in total. The average molecular weight is 259 g/mol. The highest BCUT2D eigenvalue weighted by atomic mass is 16.1. The number of likely N-dealkylation sites (tertiary alicyclic amines) is 1. The number of carbonyl (C=O) groups excluding carboxylic acids is 1. The van der Waals surface area contributed by atoms with Crippen molar-refractivity contribution in [2.75, 3.05) is 25.1 Å². The smallest absolute Gasteiger partial charge is 0.177 e. The first-order valence-electron chi connectivity index (χ1n) is 6.86. The number of Topliss-reactive ketones (excluding diaryl/α,β-unsaturated/α-hetero) is 1. The quantitative estimate of drug-likeness (QED) is 0.653. The number of ketones is 1. The summed E-state index contributed by atoms with van der Waals surface area (Å²) in [6.45, 7) is 4.36. The van der Waals surface area contributed by atoms with Crippen molar-refractivity contribution in [2.24, 2.45) is 5.10 Å². The van der Waals surface area contributed by atoms with Crippen molar-refractivity contribution >= 4 is 17.2 Å². The standard InChI is InChI=1S/C15H21N3O/c1-13(19)15(12-18-10-6-3-7-11-18)17-16-14-8-4-2-5-9-14/h2,4-5,8-9,16H,3,6-7,10-12H2,1H3/b17-15-. The molecule has 0 atom stereocenters. The molecule has 0 radical (unpaired) electrons. The number of carbonyl (C=O) groups is 1. The van der Waals surface area contributed by atoms with Gasteiger partial charge < -0.3 is 0 Å². The van der Waals surface area contributed by atoms with Crippen molar-refractivity contribution in [2.45, 2.75) is 26.2 Å². The summed E-state index contributed by atoms with van der Waals surface area (Å²) >= 11 is 0. The van der Waals surface area contributed by atoms with E-state index in [1.54, 1.807) is 6.92 Å². The summed E-state index contributed by atoms with van der Waals surface area (Å²) in [4.78, 5) is 13.9. The number of hydrogen-bond acceptors (Lipinski definition) is 4. The van der Waals surface area contributed by atoms with Gasteiger partial charge in [0.1, 0.15) is 5.71 Å². The number of hydrogen-bond donors (Lipinski definition) is 1. The monoisotopic (exact) mass is 259 g/mol. The predicted molar refractivity (Wildman–Crippen MR) is 78.5 cm³/mol. The van der Waals surface area contributed by atoms with Crippen molar-refractivity contribution in [1.82, 2.24) is 4.90 Å². The molecule has 102 valence electrons. The van der Waals surface area contributed by atoms with Crippen LogP contribution in [0.25, 0.3) is 0 Å². The van der Waals surface area contributed by atoms with Gasteiger partial charge >= 0.3 is 0 Å². The molecule has 0 amide bonds. The van der Waals surface area contributed by atoms with E-state index in [0.29, 0.717) is 12.3 Å². The molecule has 2 rings (SSSR count). The molecule has 0 spiro atoms. The lowest BCUT2D eigenvalue weighted by Gasteiger charge is -2.26. The lowest BCUT2D eigenvalue weighted by Crippen LogP contribution is -2.37. The van der Waals surface area contributed by atoms with Crippen LogP contribution < -0.4 is 5.43 Å². The molecule has 1 aromatic carbocycles. The number of anilines is 1. The molecule has 19 heavy (non-hydrogen) atoms. The second kappa shape index (κ2) is 7.04. The molecular formula is C15H21N3O. The topological polar surface area (TPSA) is 44.7 Å². The first kappa shape index (κ1) is 13.7. The van der Waals surface area contributed by atoms with Gasteiger partial charge in [0, 0.05) is 13.5 Å². The summed E-state index contributed by atoms with van der Waals surface area (Å²) in [6.07, 6.45) is 3.74. The summed E-state index contributed by atoms with van der Waals surface area (Å²) in [7, 11) is 0. The summed E-state index contributed by atoms with van der Waals surface area (Å²) in [5, 5.41) is 4.26. The molecule has 4 heteroatoms. The maximum atomic E-state index is 11.6. The molecule has 1 heterocycles. The second-order valence-corrected chi connectivity index (χ2v) is 4.93. The predicted octanol–water partition coefficient (Wildman–Crippen LogP) is 2.53. The minimum atomic E-state index is 0.0361. The van der Waals surface area contributed by atoms with Gasteiger partial charge in [-0.25, -0.2) is 0 Å². The van der Waals surface area contributed by atoms with Gasteiger partial charge in [-0.3, -0.25) is 15.1 Å². The summed E-state index contributed by atoms with van der Waals surface area (Å²) in [6, 6.07) is 9.70. The van der Waals surface area contributed by atoms with Crippen LogP contribution in [-0.2, 0) is 4.79 Å². The maximum absolute atomic E-state index is 11.6. The zero-order valence-corrected chi connectivity index (χ0v) is 11.4. The van der Waals surface area contributed by atoms with Crippen molar-refractivity contribution in [3.05, 3.63) is 30.3 Å². The fourth-order valence-electron chi connectivity index (χ4n) is 2.20. The van der Waals surface area contributed by atoms with Crippen molar-refractivity contribution in [3.8, 4) is 0 Å². The van der Waals surface area contributed by atoms with E-state index in [0.717, 1.165) is 18.8 Å². The molecule has 1 fully saturated rings. The third-order valence-corrected chi connectivity index (χ3v) is 3.32. The summed E-state index contributed by atoms with van der Waals surface area (Å²) < 4.78 is 0. The van der Waals surface area contributed by atoms with E-state index < -0.39 is 0 Å². The lowest BCUT2D eigenvalue weighted by atomic mass is 10.1. The highest BCUT2D eigenvalue weighted by Crippen LogP contribution is 2.09. The van der Waals surface area contributed by atoms with Gasteiger partial charge in [-0.05, 0) is 38.1 Å². The highest BCUT2D eigenvalue weighted by Gasteiger charge is 2.15. The summed E-state index contributed by atoms with van der Waals surface area (Å²) in [5.41, 5.74) is 4.46. The first-order chi connectivity index (χ1) is 9.25. The Kier molecular flexibility index (Phi) is 5.10. The molecule has 0 unspecified atom stereocenters. The van der Waals surface area contributed by atoms with E-state index in [9.17, 15) is 4.79 Å². The Hall–Kier alpha value is -1.68. The Morgan fingerprint density at radius 2 is 1.89 bits per heavy atom. The van der Waals surface area contributed by atoms with Gasteiger partial charge in [-0.15, -0.1) is 0 Å². The van der Waals surface area contributed by atoms with Crippen molar-refractivity contribution < 1.29 is 4.79 Å². The van der Waals surface area contributed by atoms with Gasteiger partial charge in [0.2, 0.25) is 0 Å². The van der Waals surface area contributed by atoms with E-state index in [1.807, 2.05) is 30.3 Å². The van der Waals surface area contributed by atoms with Crippen LogP contribution in [0.5, 0.6) is 0 Å². The van der Waals surface area contributed by atoms with Gasteiger partial charge in [0.05, 0.1) is 5.69 Å². The fourth-order valence-corrected chi connectivity index (χ4v) is 2.20. The Balaban J connectivity index is 1.96. The molecule has 1 aliphatic heterocycles. The number of piperidine rings is 1. The van der Waals surface area contributed by atoms with Crippen molar-refractivity contribution in [3.63, 3.8) is 0 Å². The number of benzene rings is 1. The van der Waals surface area contributed by atoms with E-state index in [2.05, 4.69) is 15.4 Å². The molecule has 1 aromatic rings. The van der Waals surface area contributed by atoms with E-state index in [4.69, 9.17) is 0 Å². The summed E-state index contributed by atoms with van der Waals surface area (Å²) in [5.74, 6) is 0.0361. The maximum Gasteiger partial charge on any atom is 0.177 e. The van der Waals surface area contributed by atoms with Crippen LogP contribution >= 0.6 is 0 Å².